The first-order valence-electron chi connectivity index (χ1n) is 21.6. The predicted molar refractivity (Wildman–Crippen MR) is 257 cm³/mol. The smallest absolute Gasteiger partial charge is 0.121 e. The molecule has 5 nitrogen and oxygen atoms in total. The van der Waals surface area contributed by atoms with Crippen molar-refractivity contribution in [3.8, 4) is 50.7 Å². The summed E-state index contributed by atoms with van der Waals surface area (Å²) >= 11 is 0. The van der Waals surface area contributed by atoms with E-state index in [1.54, 1.807) is 18.5 Å². The first-order valence-corrected chi connectivity index (χ1v) is 21.6. The zero-order valence-corrected chi connectivity index (χ0v) is 39.5. The minimum atomic E-state index is -0.305. The largest absolute Gasteiger partial charge is 0.501 e. The van der Waals surface area contributed by atoms with Crippen molar-refractivity contribution in [2.75, 3.05) is 0 Å². The Morgan fingerprint density at radius 1 is 0.641 bits per heavy atom. The Morgan fingerprint density at radius 2 is 1.27 bits per heavy atom. The normalized spacial score (nSPS) is 11.6. The summed E-state index contributed by atoms with van der Waals surface area (Å²) in [5.41, 5.74) is 14.9. The molecule has 0 N–H and O–H groups in total. The van der Waals surface area contributed by atoms with Gasteiger partial charge in [0.2, 0.25) is 0 Å². The second-order valence-corrected chi connectivity index (χ2v) is 17.7. The van der Waals surface area contributed by atoms with Crippen molar-refractivity contribution in [3.63, 3.8) is 0 Å². The molecule has 10 aromatic rings. The number of hydrogen-bond acceptors (Lipinski definition) is 4. The summed E-state index contributed by atoms with van der Waals surface area (Å²) in [5.74, 6) is 1.67. The molecule has 3 heterocycles. The van der Waals surface area contributed by atoms with Crippen LogP contribution in [0, 0.1) is 17.9 Å². The molecule has 0 aliphatic heterocycles. The molecule has 3 aromatic heterocycles. The molecule has 0 saturated carbocycles. The molecule has 321 valence electrons. The van der Waals surface area contributed by atoms with Gasteiger partial charge in [0.1, 0.15) is 5.58 Å². The van der Waals surface area contributed by atoms with Gasteiger partial charge in [0.05, 0.1) is 28.3 Å². The van der Waals surface area contributed by atoms with E-state index in [0.717, 1.165) is 55.5 Å². The molecule has 64 heavy (non-hydrogen) atoms. The van der Waals surface area contributed by atoms with Crippen LogP contribution in [-0.2, 0) is 25.5 Å². The van der Waals surface area contributed by atoms with Crippen molar-refractivity contribution < 1.29 is 28.9 Å². The second kappa shape index (κ2) is 18.3. The van der Waals surface area contributed by atoms with Crippen molar-refractivity contribution in [2.24, 2.45) is 0 Å². The molecule has 0 atom stereocenters. The number of benzene rings is 7. The van der Waals surface area contributed by atoms with Crippen molar-refractivity contribution in [3.05, 3.63) is 193 Å². The first-order chi connectivity index (χ1) is 30.4. The molecular weight excluding hydrogens is 968 g/mol. The van der Waals surface area contributed by atoms with Crippen LogP contribution in [-0.4, -0.2) is 19.5 Å². The van der Waals surface area contributed by atoms with Crippen LogP contribution in [0.15, 0.2) is 162 Å². The molecule has 7 aromatic carbocycles. The quantitative estimate of drug-likeness (QED) is 0.149. The number of nitrogens with zero attached hydrogens (tertiary/aromatic N) is 4. The van der Waals surface area contributed by atoms with E-state index in [4.69, 9.17) is 9.40 Å². The standard InChI is InChI=1S/C43H35N2O.C14H14FN2.Ir/c1-27(2)36-24-32(30-16-9-6-10-17-30)25-37(28(3)4)41(36)45-39-21-12-11-20-38(39)44-43(45)35-19-13-18-34-33-23-22-31(26-40(33)46-42(34)35)29-14-7-5-8-15-29;1-14(2,3)11-8-16-13(17-9-11)10-4-6-12(15)7-5-10;/h5-18,20-28H,1-4H3;4,6-9H,1-3H3;/q2*-1;. The van der Waals surface area contributed by atoms with E-state index >= 15 is 0 Å². The average molecular weight is 1020 g/mol. The van der Waals surface area contributed by atoms with Gasteiger partial charge in [-0.2, -0.15) is 0 Å². The fraction of sp³-hybridized carbons (Fsp3) is 0.175. The van der Waals surface area contributed by atoms with E-state index < -0.39 is 0 Å². The van der Waals surface area contributed by atoms with Crippen LogP contribution in [0.2, 0.25) is 0 Å². The maximum Gasteiger partial charge on any atom is 0.121 e. The Morgan fingerprint density at radius 3 is 1.88 bits per heavy atom. The summed E-state index contributed by atoms with van der Waals surface area (Å²) in [6.45, 7) is 15.5. The van der Waals surface area contributed by atoms with E-state index in [-0.39, 0.29) is 43.2 Å². The number of furan rings is 1. The third-order valence-electron chi connectivity index (χ3n) is 11.6. The molecule has 7 heteroatoms. The minimum Gasteiger partial charge on any atom is -0.501 e. The Kier molecular flexibility index (Phi) is 12.6. The monoisotopic (exact) mass is 1020 g/mol. The van der Waals surface area contributed by atoms with Crippen LogP contribution in [0.3, 0.4) is 0 Å². The number of fused-ring (bicyclic) bond motifs is 4. The van der Waals surface area contributed by atoms with Gasteiger partial charge in [-0.05, 0) is 86.5 Å². The van der Waals surface area contributed by atoms with Gasteiger partial charge in [-0.15, -0.1) is 48.0 Å². The topological polar surface area (TPSA) is 56.7 Å². The van der Waals surface area contributed by atoms with Crippen molar-refractivity contribution in [1.82, 2.24) is 19.5 Å². The molecule has 0 aliphatic rings. The van der Waals surface area contributed by atoms with Gasteiger partial charge in [-0.1, -0.05) is 144 Å². The van der Waals surface area contributed by atoms with Crippen LogP contribution < -0.4 is 0 Å². The number of halogens is 1. The Hall–Kier alpha value is -6.53. The first kappa shape index (κ1) is 44.1. The summed E-state index contributed by atoms with van der Waals surface area (Å²) in [6.07, 6.45) is 3.61. The fourth-order valence-electron chi connectivity index (χ4n) is 8.15. The summed E-state index contributed by atoms with van der Waals surface area (Å²) in [7, 11) is 0. The maximum absolute atomic E-state index is 12.8. The van der Waals surface area contributed by atoms with Crippen molar-refractivity contribution in [1.29, 1.82) is 0 Å². The number of para-hydroxylation sites is 2. The zero-order chi connectivity index (χ0) is 43.8. The van der Waals surface area contributed by atoms with Crippen molar-refractivity contribution >= 4 is 33.0 Å². The molecule has 0 aliphatic carbocycles. The van der Waals surface area contributed by atoms with Gasteiger partial charge in [0, 0.05) is 49.4 Å². The molecule has 0 saturated heterocycles. The molecule has 0 fully saturated rings. The Labute approximate surface area is 388 Å². The Bertz CT molecular complexity index is 3170. The molecule has 1 radical (unpaired) electrons. The second-order valence-electron chi connectivity index (χ2n) is 17.7. The summed E-state index contributed by atoms with van der Waals surface area (Å²) in [6, 6.07) is 55.6. The Balaban J connectivity index is 0.000000262. The van der Waals surface area contributed by atoms with Crippen LogP contribution in [0.25, 0.3) is 83.7 Å². The summed E-state index contributed by atoms with van der Waals surface area (Å²) < 4.78 is 21.8. The van der Waals surface area contributed by atoms with Crippen molar-refractivity contribution in [2.45, 2.75) is 65.7 Å². The van der Waals surface area contributed by atoms with E-state index in [9.17, 15) is 4.39 Å². The summed E-state index contributed by atoms with van der Waals surface area (Å²) in [5, 5.41) is 2.15. The maximum atomic E-state index is 12.8. The van der Waals surface area contributed by atoms with Gasteiger partial charge >= 0.3 is 0 Å². The average Bonchev–Trinajstić information content (AvgIpc) is 3.88. The third kappa shape index (κ3) is 8.71. The number of rotatable bonds is 7. The minimum absolute atomic E-state index is 0. The molecule has 0 bridgehead atoms. The predicted octanol–water partition coefficient (Wildman–Crippen LogP) is 15.4. The van der Waals surface area contributed by atoms with Gasteiger partial charge in [0.15, 0.2) is 0 Å². The van der Waals surface area contributed by atoms with Crippen LogP contribution >= 0.6 is 0 Å². The van der Waals surface area contributed by atoms with Crippen LogP contribution in [0.1, 0.15) is 77.0 Å². The number of hydrogen-bond donors (Lipinski definition) is 0. The SMILES string of the molecule is CC(C)(C)c1cnc(-c2[c-]cc(F)cc2)nc1.CC(C)c1cc(-c2ccccc2)cc(C(C)C)c1-n1c(-c2[c-]ccc3c2oc2cc(-c4ccccc4)ccc23)nc2ccccc21.[Ir]. The van der Waals surface area contributed by atoms with Gasteiger partial charge < -0.3 is 8.98 Å². The van der Waals surface area contributed by atoms with Crippen LogP contribution in [0.4, 0.5) is 4.39 Å². The number of imidazole rings is 1. The molecule has 10 rings (SSSR count). The van der Waals surface area contributed by atoms with E-state index in [2.05, 4.69) is 190 Å². The molecule has 0 unspecified atom stereocenters. The van der Waals surface area contributed by atoms with E-state index in [0.29, 0.717) is 11.4 Å². The van der Waals surface area contributed by atoms with Gasteiger partial charge in [-0.3, -0.25) is 19.3 Å². The van der Waals surface area contributed by atoms with Gasteiger partial charge in [0.25, 0.3) is 0 Å². The van der Waals surface area contributed by atoms with E-state index in [1.165, 1.54) is 45.6 Å². The zero-order valence-electron chi connectivity index (χ0n) is 37.1. The molecule has 0 spiro atoms. The fourth-order valence-corrected chi connectivity index (χ4v) is 8.15. The third-order valence-corrected chi connectivity index (χ3v) is 11.6. The van der Waals surface area contributed by atoms with Crippen LogP contribution in [0.5, 0.6) is 0 Å². The number of aromatic nitrogens is 4. The molecule has 0 amide bonds. The van der Waals surface area contributed by atoms with Gasteiger partial charge in [-0.25, -0.2) is 0 Å². The summed E-state index contributed by atoms with van der Waals surface area (Å²) in [4.78, 5) is 13.9. The molecular formula is C57H49FIrN4O-2. The van der Waals surface area contributed by atoms with E-state index in [1.807, 2.05) is 12.1 Å².